The highest BCUT2D eigenvalue weighted by atomic mass is 16.2. The summed E-state index contributed by atoms with van der Waals surface area (Å²) in [5, 5.41) is 0. The molecule has 1 aromatic rings. The van der Waals surface area contributed by atoms with Crippen LogP contribution >= 0.6 is 0 Å². The predicted molar refractivity (Wildman–Crippen MR) is 95.1 cm³/mol. The van der Waals surface area contributed by atoms with Crippen molar-refractivity contribution in [2.45, 2.75) is 46.6 Å². The summed E-state index contributed by atoms with van der Waals surface area (Å²) < 4.78 is 0. The van der Waals surface area contributed by atoms with E-state index in [2.05, 4.69) is 11.8 Å². The first-order valence-electron chi connectivity index (χ1n) is 8.84. The van der Waals surface area contributed by atoms with E-state index in [1.807, 2.05) is 45.0 Å². The van der Waals surface area contributed by atoms with E-state index in [9.17, 15) is 9.59 Å². The molecule has 2 aliphatic heterocycles. The van der Waals surface area contributed by atoms with Gasteiger partial charge in [-0.2, -0.15) is 0 Å². The first kappa shape index (κ1) is 16.7. The summed E-state index contributed by atoms with van der Waals surface area (Å²) in [7, 11) is 0. The molecule has 24 heavy (non-hydrogen) atoms. The lowest BCUT2D eigenvalue weighted by atomic mass is 9.97. The van der Waals surface area contributed by atoms with Crippen molar-refractivity contribution in [2.75, 3.05) is 13.1 Å². The lowest BCUT2D eigenvalue weighted by Crippen LogP contribution is -2.41. The fraction of sp³-hybridized carbons (Fsp3) is 0.500. The van der Waals surface area contributed by atoms with Crippen molar-refractivity contribution >= 4 is 17.4 Å². The molecule has 4 heteroatoms. The molecule has 1 atom stereocenters. The van der Waals surface area contributed by atoms with Crippen molar-refractivity contribution in [1.82, 2.24) is 9.80 Å². The minimum atomic E-state index is -0.160. The SMILES string of the molecule is Cc1ccc(C2=C(N3CCCC(C)C3)C(=O)N(C(C)C)C2=O)cc1. The van der Waals surface area contributed by atoms with Crippen molar-refractivity contribution in [3.8, 4) is 0 Å². The Bertz CT molecular complexity index is 688. The summed E-state index contributed by atoms with van der Waals surface area (Å²) >= 11 is 0. The van der Waals surface area contributed by atoms with Gasteiger partial charge in [-0.25, -0.2) is 0 Å². The number of rotatable bonds is 3. The Morgan fingerprint density at radius 2 is 1.75 bits per heavy atom. The number of carbonyl (C=O) groups excluding carboxylic acids is 2. The molecule has 0 spiro atoms. The Morgan fingerprint density at radius 1 is 1.08 bits per heavy atom. The van der Waals surface area contributed by atoms with Crippen molar-refractivity contribution < 1.29 is 9.59 Å². The topological polar surface area (TPSA) is 40.6 Å². The fourth-order valence-electron chi connectivity index (χ4n) is 3.67. The molecule has 0 aromatic heterocycles. The molecule has 128 valence electrons. The van der Waals surface area contributed by atoms with Crippen LogP contribution < -0.4 is 0 Å². The van der Waals surface area contributed by atoms with Gasteiger partial charge in [0.2, 0.25) is 0 Å². The van der Waals surface area contributed by atoms with E-state index < -0.39 is 0 Å². The van der Waals surface area contributed by atoms with Gasteiger partial charge in [0.15, 0.2) is 0 Å². The zero-order valence-corrected chi connectivity index (χ0v) is 15.0. The van der Waals surface area contributed by atoms with Crippen LogP contribution in [0.15, 0.2) is 30.0 Å². The molecule has 0 radical (unpaired) electrons. The van der Waals surface area contributed by atoms with E-state index in [-0.39, 0.29) is 17.9 Å². The van der Waals surface area contributed by atoms with E-state index in [0.29, 0.717) is 17.2 Å². The van der Waals surface area contributed by atoms with E-state index in [4.69, 9.17) is 0 Å². The standard InChI is InChI=1S/C20H26N2O2/c1-13(2)22-19(23)17(16-9-7-14(3)8-10-16)18(20(22)24)21-11-5-6-15(4)12-21/h7-10,13,15H,5-6,11-12H2,1-4H3. The van der Waals surface area contributed by atoms with Crippen LogP contribution in [0.1, 0.15) is 44.7 Å². The number of nitrogens with zero attached hydrogens (tertiary/aromatic N) is 2. The average molecular weight is 326 g/mol. The van der Waals surface area contributed by atoms with Gasteiger partial charge in [-0.1, -0.05) is 36.8 Å². The molecule has 2 aliphatic rings. The van der Waals surface area contributed by atoms with Crippen molar-refractivity contribution in [2.24, 2.45) is 5.92 Å². The van der Waals surface area contributed by atoms with Crippen LogP contribution in [0.25, 0.3) is 5.57 Å². The van der Waals surface area contributed by atoms with Crippen LogP contribution in [0.2, 0.25) is 0 Å². The second-order valence-electron chi connectivity index (χ2n) is 7.36. The summed E-state index contributed by atoms with van der Waals surface area (Å²) in [4.78, 5) is 29.6. The molecule has 2 amide bonds. The number of hydrogen-bond acceptors (Lipinski definition) is 3. The van der Waals surface area contributed by atoms with Gasteiger partial charge in [-0.3, -0.25) is 14.5 Å². The summed E-state index contributed by atoms with van der Waals surface area (Å²) in [6, 6.07) is 7.76. The third-order valence-corrected chi connectivity index (χ3v) is 4.92. The Morgan fingerprint density at radius 3 is 2.33 bits per heavy atom. The molecule has 0 saturated carbocycles. The van der Waals surface area contributed by atoms with E-state index in [0.717, 1.165) is 30.6 Å². The number of imide groups is 1. The Labute approximate surface area is 144 Å². The van der Waals surface area contributed by atoms with Crippen LogP contribution in [-0.4, -0.2) is 40.7 Å². The fourth-order valence-corrected chi connectivity index (χ4v) is 3.67. The molecule has 2 heterocycles. The first-order valence-corrected chi connectivity index (χ1v) is 8.84. The van der Waals surface area contributed by atoms with Crippen LogP contribution in [0, 0.1) is 12.8 Å². The van der Waals surface area contributed by atoms with Gasteiger partial charge in [-0.15, -0.1) is 0 Å². The van der Waals surface area contributed by atoms with Gasteiger partial charge in [0.25, 0.3) is 11.8 Å². The molecule has 4 nitrogen and oxygen atoms in total. The molecule has 1 unspecified atom stereocenters. The molecule has 1 fully saturated rings. The molecule has 0 bridgehead atoms. The van der Waals surface area contributed by atoms with Crippen molar-refractivity contribution in [1.29, 1.82) is 0 Å². The predicted octanol–water partition coefficient (Wildman–Crippen LogP) is 3.22. The molecule has 1 aromatic carbocycles. The monoisotopic (exact) mass is 326 g/mol. The molecule has 0 aliphatic carbocycles. The maximum Gasteiger partial charge on any atom is 0.278 e. The van der Waals surface area contributed by atoms with E-state index in [1.54, 1.807) is 0 Å². The first-order chi connectivity index (χ1) is 11.4. The normalized spacial score (nSPS) is 22.1. The maximum atomic E-state index is 13.0. The number of piperidine rings is 1. The van der Waals surface area contributed by atoms with Crippen LogP contribution in [0.4, 0.5) is 0 Å². The highest BCUT2D eigenvalue weighted by Crippen LogP contribution is 2.34. The zero-order valence-electron chi connectivity index (χ0n) is 15.0. The van der Waals surface area contributed by atoms with Crippen molar-refractivity contribution in [3.05, 3.63) is 41.1 Å². The molecule has 1 saturated heterocycles. The average Bonchev–Trinajstić information content (AvgIpc) is 2.79. The lowest BCUT2D eigenvalue weighted by Gasteiger charge is -2.33. The number of benzene rings is 1. The van der Waals surface area contributed by atoms with Crippen LogP contribution in [0.3, 0.4) is 0 Å². The van der Waals surface area contributed by atoms with Crippen LogP contribution in [-0.2, 0) is 9.59 Å². The number of likely N-dealkylation sites (tertiary alicyclic amines) is 1. The summed E-state index contributed by atoms with van der Waals surface area (Å²) in [5.74, 6) is 0.244. The Kier molecular flexibility index (Phi) is 4.48. The van der Waals surface area contributed by atoms with Crippen molar-refractivity contribution in [3.63, 3.8) is 0 Å². The van der Waals surface area contributed by atoms with Gasteiger partial charge in [0.1, 0.15) is 5.70 Å². The molecular formula is C20H26N2O2. The maximum absolute atomic E-state index is 13.0. The number of amides is 2. The van der Waals surface area contributed by atoms with Gasteiger partial charge in [-0.05, 0) is 45.1 Å². The van der Waals surface area contributed by atoms with Gasteiger partial charge < -0.3 is 4.90 Å². The highest BCUT2D eigenvalue weighted by Gasteiger charge is 2.43. The largest absolute Gasteiger partial charge is 0.366 e. The number of carbonyl (C=O) groups is 2. The van der Waals surface area contributed by atoms with E-state index in [1.165, 1.54) is 11.3 Å². The smallest absolute Gasteiger partial charge is 0.278 e. The summed E-state index contributed by atoms with van der Waals surface area (Å²) in [5.41, 5.74) is 3.16. The summed E-state index contributed by atoms with van der Waals surface area (Å²) in [6.07, 6.45) is 2.24. The number of aryl methyl sites for hydroxylation is 1. The Hall–Kier alpha value is -2.10. The zero-order chi connectivity index (χ0) is 17.4. The van der Waals surface area contributed by atoms with E-state index >= 15 is 0 Å². The molecule has 0 N–H and O–H groups in total. The molecular weight excluding hydrogens is 300 g/mol. The van der Waals surface area contributed by atoms with Gasteiger partial charge in [0, 0.05) is 19.1 Å². The second-order valence-corrected chi connectivity index (χ2v) is 7.36. The Balaban J connectivity index is 2.10. The minimum absolute atomic E-state index is 0.134. The van der Waals surface area contributed by atoms with Crippen LogP contribution in [0.5, 0.6) is 0 Å². The third kappa shape index (κ3) is 2.85. The van der Waals surface area contributed by atoms with Gasteiger partial charge in [0.05, 0.1) is 5.57 Å². The second kappa shape index (κ2) is 6.42. The highest BCUT2D eigenvalue weighted by molar-refractivity contribution is 6.35. The molecule has 3 rings (SSSR count). The minimum Gasteiger partial charge on any atom is -0.366 e. The third-order valence-electron chi connectivity index (χ3n) is 4.92. The lowest BCUT2D eigenvalue weighted by molar-refractivity contribution is -0.139. The number of hydrogen-bond donors (Lipinski definition) is 0. The van der Waals surface area contributed by atoms with Gasteiger partial charge >= 0.3 is 0 Å². The quantitative estimate of drug-likeness (QED) is 0.801. The summed E-state index contributed by atoms with van der Waals surface area (Å²) in [6.45, 7) is 9.71.